The van der Waals surface area contributed by atoms with Gasteiger partial charge in [-0.25, -0.2) is 4.39 Å². The molecule has 0 radical (unpaired) electrons. The smallest absolute Gasteiger partial charge is 0.265 e. The second-order valence-electron chi connectivity index (χ2n) is 12.0. The number of aromatic nitrogens is 1. The van der Waals surface area contributed by atoms with Crippen molar-refractivity contribution in [2.24, 2.45) is 11.8 Å². The first-order valence-corrected chi connectivity index (χ1v) is 16.0. The number of aliphatic hydroxyl groups is 2. The third kappa shape index (κ3) is 5.20. The van der Waals surface area contributed by atoms with E-state index in [9.17, 15) is 19.8 Å². The molecular weight excluding hydrogens is 655 g/mol. The van der Waals surface area contributed by atoms with E-state index in [4.69, 9.17) is 23.5 Å². The van der Waals surface area contributed by atoms with Gasteiger partial charge in [0.05, 0.1) is 34.9 Å². The van der Waals surface area contributed by atoms with E-state index >= 15 is 4.39 Å². The minimum atomic E-state index is -2.48. The fourth-order valence-corrected chi connectivity index (χ4v) is 7.58. The summed E-state index contributed by atoms with van der Waals surface area (Å²) in [4.78, 5) is 30.3. The van der Waals surface area contributed by atoms with Gasteiger partial charge in [-0.1, -0.05) is 26.7 Å². The van der Waals surface area contributed by atoms with Gasteiger partial charge in [-0.3, -0.25) is 14.5 Å². The van der Waals surface area contributed by atoms with Crippen molar-refractivity contribution in [3.8, 4) is 11.6 Å². The minimum absolute atomic E-state index is 0.00751. The molecule has 0 fully saturated rings. The van der Waals surface area contributed by atoms with Gasteiger partial charge in [-0.2, -0.15) is 0 Å². The number of unbranched alkanes of at least 4 members (excludes halogenated alkanes) is 2. The molecule has 13 heteroatoms. The SMILES string of the molecule is CCCCOc1noc2c1C(=O)[C@@]1(O)C(O)=C3C(=O)c4c(c(F)c(C(OC)OC)c(Br)c4OCCCC)C[C@H]3C[C@H]1[C@@H]2N(C)C. The van der Waals surface area contributed by atoms with Crippen molar-refractivity contribution in [3.05, 3.63) is 49.6 Å². The number of hydrogen-bond donors (Lipinski definition) is 2. The van der Waals surface area contributed by atoms with Crippen molar-refractivity contribution in [2.45, 2.75) is 70.3 Å². The van der Waals surface area contributed by atoms with Gasteiger partial charge in [-0.15, -0.1) is 0 Å². The molecule has 2 aromatic rings. The quantitative estimate of drug-likeness (QED) is 0.211. The lowest BCUT2D eigenvalue weighted by atomic mass is 9.58. The largest absolute Gasteiger partial charge is 0.508 e. The fourth-order valence-electron chi connectivity index (χ4n) is 6.90. The lowest BCUT2D eigenvalue weighted by Crippen LogP contribution is -2.59. The number of ketones is 2. The number of fused-ring (bicyclic) bond motifs is 4. The summed E-state index contributed by atoms with van der Waals surface area (Å²) in [6.45, 7) is 4.49. The molecular formula is C32H40BrFN2O9. The van der Waals surface area contributed by atoms with E-state index in [0.717, 1.165) is 12.8 Å². The lowest BCUT2D eigenvalue weighted by molar-refractivity contribution is -0.108. The lowest BCUT2D eigenvalue weighted by Gasteiger charge is -2.49. The Balaban J connectivity index is 1.69. The van der Waals surface area contributed by atoms with Crippen LogP contribution in [0.25, 0.3) is 0 Å². The first kappa shape index (κ1) is 33.5. The number of carbonyl (C=O) groups is 2. The third-order valence-electron chi connectivity index (χ3n) is 9.10. The number of hydrogen-bond acceptors (Lipinski definition) is 11. The molecule has 246 valence electrons. The van der Waals surface area contributed by atoms with Crippen LogP contribution in [0.1, 0.15) is 95.9 Å². The number of carbonyl (C=O) groups excluding carboxylic acids is 2. The first-order valence-electron chi connectivity index (χ1n) is 15.3. The van der Waals surface area contributed by atoms with Gasteiger partial charge in [0.25, 0.3) is 5.88 Å². The van der Waals surface area contributed by atoms with Crippen LogP contribution in [-0.2, 0) is 15.9 Å². The Morgan fingerprint density at radius 3 is 2.36 bits per heavy atom. The molecule has 4 atom stereocenters. The van der Waals surface area contributed by atoms with Crippen molar-refractivity contribution < 1.29 is 47.7 Å². The number of Topliss-reactive ketones (excluding diaryl/α,β-unsaturated/α-hetero) is 2. The van der Waals surface area contributed by atoms with E-state index in [2.05, 4.69) is 21.1 Å². The number of nitrogens with zero attached hydrogens (tertiary/aromatic N) is 2. The van der Waals surface area contributed by atoms with E-state index in [1.807, 2.05) is 13.8 Å². The van der Waals surface area contributed by atoms with Gasteiger partial charge in [0.2, 0.25) is 5.78 Å². The maximum Gasteiger partial charge on any atom is 0.265 e. The van der Waals surface area contributed by atoms with Crippen LogP contribution in [0.2, 0.25) is 0 Å². The van der Waals surface area contributed by atoms with E-state index in [1.54, 1.807) is 19.0 Å². The summed E-state index contributed by atoms with van der Waals surface area (Å²) in [7, 11) is 6.26. The summed E-state index contributed by atoms with van der Waals surface area (Å²) in [6.07, 6.45) is 2.00. The molecule has 0 saturated heterocycles. The van der Waals surface area contributed by atoms with Gasteiger partial charge in [0, 0.05) is 31.3 Å². The summed E-state index contributed by atoms with van der Waals surface area (Å²) in [5.41, 5.74) is -2.63. The molecule has 11 nitrogen and oxygen atoms in total. The van der Waals surface area contributed by atoms with E-state index in [0.29, 0.717) is 12.8 Å². The normalized spacial score (nSPS) is 24.1. The van der Waals surface area contributed by atoms with Gasteiger partial charge in [0.1, 0.15) is 22.9 Å². The van der Waals surface area contributed by atoms with E-state index in [1.165, 1.54) is 14.2 Å². The molecule has 1 aromatic carbocycles. The molecule has 0 saturated carbocycles. The molecule has 1 heterocycles. The predicted molar refractivity (Wildman–Crippen MR) is 163 cm³/mol. The van der Waals surface area contributed by atoms with Crippen LogP contribution < -0.4 is 9.47 Å². The number of rotatable bonds is 12. The molecule has 45 heavy (non-hydrogen) atoms. The maximum atomic E-state index is 16.4. The topological polar surface area (TPSA) is 141 Å². The van der Waals surface area contributed by atoms with Crippen LogP contribution in [-0.4, -0.2) is 79.0 Å². The van der Waals surface area contributed by atoms with Gasteiger partial charge in [0.15, 0.2) is 23.4 Å². The third-order valence-corrected chi connectivity index (χ3v) is 9.89. The molecule has 3 aliphatic rings. The average Bonchev–Trinajstić information content (AvgIpc) is 3.42. The van der Waals surface area contributed by atoms with Gasteiger partial charge < -0.3 is 33.7 Å². The molecule has 0 spiro atoms. The molecule has 1 aromatic heterocycles. The Labute approximate surface area is 269 Å². The zero-order valence-corrected chi connectivity index (χ0v) is 28.0. The summed E-state index contributed by atoms with van der Waals surface area (Å²) < 4.78 is 44.8. The second-order valence-corrected chi connectivity index (χ2v) is 12.8. The van der Waals surface area contributed by atoms with Gasteiger partial charge >= 0.3 is 0 Å². The van der Waals surface area contributed by atoms with Crippen molar-refractivity contribution >= 4 is 27.5 Å². The summed E-state index contributed by atoms with van der Waals surface area (Å²) in [5, 5.41) is 28.1. The number of methoxy groups -OCH3 is 2. The van der Waals surface area contributed by atoms with Crippen LogP contribution in [0, 0.1) is 17.7 Å². The molecule has 0 unspecified atom stereocenters. The minimum Gasteiger partial charge on any atom is -0.508 e. The zero-order valence-electron chi connectivity index (χ0n) is 26.4. The molecule has 2 N–H and O–H groups in total. The highest BCUT2D eigenvalue weighted by atomic mass is 79.9. The standard InChI is InChI=1S/C32H40BrFN2O9/c1-7-9-11-43-26-19-16(23(34)20(22(26)33)31(41-5)42-6)13-15-14-17-24(36(3)4)27-21(30(35-45-27)44-12-10-8-2)29(39)32(17,40)28(38)18(15)25(19)37/h15,17,24,31,38,40H,7-14H2,1-6H3/t15-,17-,24-,32-/m0/s1. The summed E-state index contributed by atoms with van der Waals surface area (Å²) >= 11 is 3.43. The molecule has 0 bridgehead atoms. The van der Waals surface area contributed by atoms with Crippen molar-refractivity contribution in [1.82, 2.24) is 10.1 Å². The van der Waals surface area contributed by atoms with Crippen LogP contribution in [0.4, 0.5) is 4.39 Å². The molecule has 0 aliphatic heterocycles. The summed E-state index contributed by atoms with van der Waals surface area (Å²) in [6, 6.07) is -0.719. The van der Waals surface area contributed by atoms with Crippen molar-refractivity contribution in [1.29, 1.82) is 0 Å². The van der Waals surface area contributed by atoms with E-state index < -0.39 is 52.9 Å². The molecule has 5 rings (SSSR count). The highest BCUT2D eigenvalue weighted by Gasteiger charge is 2.64. The van der Waals surface area contributed by atoms with Crippen molar-refractivity contribution in [2.75, 3.05) is 41.5 Å². The van der Waals surface area contributed by atoms with Crippen LogP contribution in [0.3, 0.4) is 0 Å². The molecule has 0 amide bonds. The Morgan fingerprint density at radius 2 is 1.76 bits per heavy atom. The highest BCUT2D eigenvalue weighted by molar-refractivity contribution is 9.10. The van der Waals surface area contributed by atoms with Crippen LogP contribution in [0.15, 0.2) is 20.3 Å². The highest BCUT2D eigenvalue weighted by Crippen LogP contribution is 2.57. The first-order chi connectivity index (χ1) is 21.5. The number of allylic oxidation sites excluding steroid dienone is 1. The Morgan fingerprint density at radius 1 is 1.11 bits per heavy atom. The predicted octanol–water partition coefficient (Wildman–Crippen LogP) is 5.64. The molecule has 3 aliphatic carbocycles. The number of ether oxygens (including phenoxy) is 4. The Hall–Kier alpha value is -2.84. The average molecular weight is 696 g/mol. The fraction of sp³-hybridized carbons (Fsp3) is 0.594. The Kier molecular flexibility index (Phi) is 9.77. The Bertz CT molecular complexity index is 1520. The van der Waals surface area contributed by atoms with Gasteiger partial charge in [-0.05, 0) is 66.8 Å². The number of aliphatic hydroxyl groups excluding tert-OH is 1. The second kappa shape index (κ2) is 13.1. The van der Waals surface area contributed by atoms with Crippen molar-refractivity contribution in [3.63, 3.8) is 0 Å². The zero-order chi connectivity index (χ0) is 32.8. The van der Waals surface area contributed by atoms with Crippen LogP contribution >= 0.6 is 15.9 Å². The number of halogens is 2. The van der Waals surface area contributed by atoms with Crippen LogP contribution in [0.5, 0.6) is 11.6 Å². The maximum absolute atomic E-state index is 16.4. The summed E-state index contributed by atoms with van der Waals surface area (Å²) in [5.74, 6) is -4.50. The van der Waals surface area contributed by atoms with E-state index in [-0.39, 0.29) is 75.7 Å². The monoisotopic (exact) mass is 694 g/mol. The number of benzene rings is 1.